The third-order valence-electron chi connectivity index (χ3n) is 1.59. The number of rotatable bonds is 2. The SMILES string of the molecule is Brc1cncc(OC2COC2)c1. The first-order valence-corrected chi connectivity index (χ1v) is 4.49. The molecule has 1 fully saturated rings. The van der Waals surface area contributed by atoms with Gasteiger partial charge in [-0.25, -0.2) is 0 Å². The van der Waals surface area contributed by atoms with Gasteiger partial charge in [0.1, 0.15) is 11.9 Å². The minimum Gasteiger partial charge on any atom is -0.484 e. The Kier molecular flexibility index (Phi) is 2.28. The molecule has 0 aromatic carbocycles. The maximum Gasteiger partial charge on any atom is 0.145 e. The van der Waals surface area contributed by atoms with Crippen LogP contribution in [0.15, 0.2) is 22.9 Å². The van der Waals surface area contributed by atoms with Crippen LogP contribution in [0.5, 0.6) is 5.75 Å². The zero-order chi connectivity index (χ0) is 8.39. The van der Waals surface area contributed by atoms with Gasteiger partial charge in [-0.3, -0.25) is 4.98 Å². The summed E-state index contributed by atoms with van der Waals surface area (Å²) in [6.07, 6.45) is 3.63. The van der Waals surface area contributed by atoms with E-state index in [-0.39, 0.29) is 6.10 Å². The Hall–Kier alpha value is -0.610. The summed E-state index contributed by atoms with van der Waals surface area (Å²) in [6, 6.07) is 1.89. The van der Waals surface area contributed by atoms with Crippen LogP contribution in [0.2, 0.25) is 0 Å². The van der Waals surface area contributed by atoms with Crippen molar-refractivity contribution < 1.29 is 9.47 Å². The Morgan fingerprint density at radius 3 is 2.92 bits per heavy atom. The average molecular weight is 230 g/mol. The second-order valence-electron chi connectivity index (χ2n) is 2.62. The fourth-order valence-corrected chi connectivity index (χ4v) is 1.28. The Labute approximate surface area is 78.8 Å². The van der Waals surface area contributed by atoms with Gasteiger partial charge in [0, 0.05) is 10.7 Å². The molecule has 0 spiro atoms. The standard InChI is InChI=1S/C8H8BrNO2/c9-6-1-7(3-10-2-6)12-8-4-11-5-8/h1-3,8H,4-5H2. The molecule has 1 aliphatic heterocycles. The number of aromatic nitrogens is 1. The molecule has 0 amide bonds. The third kappa shape index (κ3) is 1.76. The second-order valence-corrected chi connectivity index (χ2v) is 3.53. The normalized spacial score (nSPS) is 17.1. The lowest BCUT2D eigenvalue weighted by Crippen LogP contribution is -2.38. The van der Waals surface area contributed by atoms with E-state index in [9.17, 15) is 0 Å². The van der Waals surface area contributed by atoms with Crippen molar-refractivity contribution in [3.63, 3.8) is 0 Å². The molecular weight excluding hydrogens is 222 g/mol. The van der Waals surface area contributed by atoms with Crippen LogP contribution >= 0.6 is 15.9 Å². The number of nitrogens with zero attached hydrogens (tertiary/aromatic N) is 1. The Morgan fingerprint density at radius 1 is 1.50 bits per heavy atom. The second kappa shape index (κ2) is 3.41. The predicted molar refractivity (Wildman–Crippen MR) is 47.2 cm³/mol. The topological polar surface area (TPSA) is 31.4 Å². The summed E-state index contributed by atoms with van der Waals surface area (Å²) < 4.78 is 11.4. The van der Waals surface area contributed by atoms with Crippen molar-refractivity contribution in [2.75, 3.05) is 13.2 Å². The monoisotopic (exact) mass is 229 g/mol. The molecule has 12 heavy (non-hydrogen) atoms. The van der Waals surface area contributed by atoms with E-state index in [1.165, 1.54) is 0 Å². The van der Waals surface area contributed by atoms with E-state index in [1.54, 1.807) is 12.4 Å². The molecule has 2 heterocycles. The molecule has 0 saturated carbocycles. The quantitative estimate of drug-likeness (QED) is 0.773. The molecule has 0 radical (unpaired) electrons. The number of ether oxygens (including phenoxy) is 2. The summed E-state index contributed by atoms with van der Waals surface area (Å²) in [6.45, 7) is 1.37. The van der Waals surface area contributed by atoms with Gasteiger partial charge in [0.05, 0.1) is 19.4 Å². The highest BCUT2D eigenvalue weighted by molar-refractivity contribution is 9.10. The summed E-state index contributed by atoms with van der Waals surface area (Å²) >= 11 is 3.32. The van der Waals surface area contributed by atoms with Gasteiger partial charge < -0.3 is 9.47 Å². The number of hydrogen-bond donors (Lipinski definition) is 0. The highest BCUT2D eigenvalue weighted by Crippen LogP contribution is 2.18. The molecule has 0 unspecified atom stereocenters. The minimum absolute atomic E-state index is 0.209. The molecule has 1 aliphatic rings. The molecule has 1 aromatic heterocycles. The van der Waals surface area contributed by atoms with Crippen molar-refractivity contribution >= 4 is 15.9 Å². The highest BCUT2D eigenvalue weighted by atomic mass is 79.9. The summed E-state index contributed by atoms with van der Waals surface area (Å²) in [4.78, 5) is 3.98. The van der Waals surface area contributed by atoms with Crippen molar-refractivity contribution in [2.24, 2.45) is 0 Å². The first-order chi connectivity index (χ1) is 5.84. The molecule has 0 atom stereocenters. The first-order valence-electron chi connectivity index (χ1n) is 3.69. The number of pyridine rings is 1. The summed E-state index contributed by atoms with van der Waals surface area (Å²) in [5, 5.41) is 0. The van der Waals surface area contributed by atoms with Gasteiger partial charge in [-0.15, -0.1) is 0 Å². The molecule has 4 heteroatoms. The van der Waals surface area contributed by atoms with Crippen LogP contribution in [0, 0.1) is 0 Å². The van der Waals surface area contributed by atoms with Crippen molar-refractivity contribution in [1.82, 2.24) is 4.98 Å². The van der Waals surface area contributed by atoms with Gasteiger partial charge >= 0.3 is 0 Å². The molecule has 2 rings (SSSR count). The lowest BCUT2D eigenvalue weighted by molar-refractivity contribution is -0.0798. The van der Waals surface area contributed by atoms with Gasteiger partial charge in [-0.2, -0.15) is 0 Å². The van der Waals surface area contributed by atoms with E-state index >= 15 is 0 Å². The number of halogens is 1. The molecule has 1 aromatic rings. The minimum atomic E-state index is 0.209. The van der Waals surface area contributed by atoms with Gasteiger partial charge in [-0.05, 0) is 22.0 Å². The summed E-state index contributed by atoms with van der Waals surface area (Å²) in [7, 11) is 0. The lowest BCUT2D eigenvalue weighted by Gasteiger charge is -2.26. The van der Waals surface area contributed by atoms with Crippen LogP contribution in [0.4, 0.5) is 0 Å². The van der Waals surface area contributed by atoms with E-state index in [1.807, 2.05) is 6.07 Å². The maximum atomic E-state index is 5.51. The van der Waals surface area contributed by atoms with Crippen LogP contribution in [-0.2, 0) is 4.74 Å². The fraction of sp³-hybridized carbons (Fsp3) is 0.375. The molecule has 64 valence electrons. The van der Waals surface area contributed by atoms with Gasteiger partial charge in [0.25, 0.3) is 0 Å². The molecule has 0 bridgehead atoms. The van der Waals surface area contributed by atoms with E-state index in [0.29, 0.717) is 13.2 Å². The van der Waals surface area contributed by atoms with Crippen molar-refractivity contribution in [1.29, 1.82) is 0 Å². The van der Waals surface area contributed by atoms with Crippen LogP contribution in [0.1, 0.15) is 0 Å². The zero-order valence-corrected chi connectivity index (χ0v) is 7.95. The largest absolute Gasteiger partial charge is 0.484 e. The van der Waals surface area contributed by atoms with Crippen LogP contribution in [-0.4, -0.2) is 24.3 Å². The Balaban J connectivity index is 2.02. The summed E-state index contributed by atoms with van der Waals surface area (Å²) in [5.41, 5.74) is 0. The van der Waals surface area contributed by atoms with Crippen molar-refractivity contribution in [3.05, 3.63) is 22.9 Å². The van der Waals surface area contributed by atoms with E-state index in [0.717, 1.165) is 10.2 Å². The highest BCUT2D eigenvalue weighted by Gasteiger charge is 2.19. The van der Waals surface area contributed by atoms with Gasteiger partial charge in [-0.1, -0.05) is 0 Å². The van der Waals surface area contributed by atoms with Crippen LogP contribution < -0.4 is 4.74 Å². The van der Waals surface area contributed by atoms with E-state index < -0.39 is 0 Å². The summed E-state index contributed by atoms with van der Waals surface area (Å²) in [5.74, 6) is 0.790. The molecule has 3 nitrogen and oxygen atoms in total. The van der Waals surface area contributed by atoms with E-state index in [4.69, 9.17) is 9.47 Å². The van der Waals surface area contributed by atoms with Crippen molar-refractivity contribution in [3.8, 4) is 5.75 Å². The maximum absolute atomic E-state index is 5.51. The Morgan fingerprint density at radius 2 is 2.33 bits per heavy atom. The third-order valence-corrected chi connectivity index (χ3v) is 2.02. The Bertz CT molecular complexity index is 276. The molecule has 0 N–H and O–H groups in total. The predicted octanol–water partition coefficient (Wildman–Crippen LogP) is 1.62. The molecular formula is C8H8BrNO2. The molecule has 0 aliphatic carbocycles. The number of hydrogen-bond acceptors (Lipinski definition) is 3. The zero-order valence-electron chi connectivity index (χ0n) is 6.37. The van der Waals surface area contributed by atoms with Gasteiger partial charge in [0.15, 0.2) is 0 Å². The van der Waals surface area contributed by atoms with Crippen LogP contribution in [0.3, 0.4) is 0 Å². The average Bonchev–Trinajstić information content (AvgIpc) is 1.97. The van der Waals surface area contributed by atoms with Gasteiger partial charge in [0.2, 0.25) is 0 Å². The molecule has 1 saturated heterocycles. The smallest absolute Gasteiger partial charge is 0.145 e. The lowest BCUT2D eigenvalue weighted by atomic mass is 10.3. The fourth-order valence-electron chi connectivity index (χ4n) is 0.931. The van der Waals surface area contributed by atoms with Crippen LogP contribution in [0.25, 0.3) is 0 Å². The van der Waals surface area contributed by atoms with Crippen molar-refractivity contribution in [2.45, 2.75) is 6.10 Å². The van der Waals surface area contributed by atoms with E-state index in [2.05, 4.69) is 20.9 Å². The first kappa shape index (κ1) is 8.01.